The Hall–Kier alpha value is -2.36. The quantitative estimate of drug-likeness (QED) is 0.829. The predicted octanol–water partition coefficient (Wildman–Crippen LogP) is 3.20. The van der Waals surface area contributed by atoms with Gasteiger partial charge in [-0.15, -0.1) is 0 Å². The summed E-state index contributed by atoms with van der Waals surface area (Å²) in [6, 6.07) is 13.3. The third-order valence-electron chi connectivity index (χ3n) is 3.11. The highest BCUT2D eigenvalue weighted by Gasteiger charge is 2.05. The Kier molecular flexibility index (Phi) is 5.32. The number of carbonyl (C=O) groups is 1. The summed E-state index contributed by atoms with van der Waals surface area (Å²) in [5.41, 5.74) is 1.58. The fourth-order valence-corrected chi connectivity index (χ4v) is 1.97. The number of para-hydroxylation sites is 1. The molecular formula is C17H18FNO2. The smallest absolute Gasteiger partial charge is 0.251 e. The van der Waals surface area contributed by atoms with E-state index in [0.717, 1.165) is 17.7 Å². The Morgan fingerprint density at radius 2 is 1.86 bits per heavy atom. The van der Waals surface area contributed by atoms with Crippen LogP contribution in [0.2, 0.25) is 0 Å². The summed E-state index contributed by atoms with van der Waals surface area (Å²) < 4.78 is 18.4. The number of aryl methyl sites for hydroxylation is 1. The van der Waals surface area contributed by atoms with Crippen LogP contribution < -0.4 is 10.1 Å². The van der Waals surface area contributed by atoms with Crippen LogP contribution >= 0.6 is 0 Å². The van der Waals surface area contributed by atoms with Crippen molar-refractivity contribution in [1.82, 2.24) is 5.32 Å². The van der Waals surface area contributed by atoms with Gasteiger partial charge in [-0.1, -0.05) is 25.1 Å². The van der Waals surface area contributed by atoms with E-state index in [1.165, 1.54) is 24.3 Å². The number of hydrogen-bond acceptors (Lipinski definition) is 2. The maximum atomic E-state index is 12.8. The van der Waals surface area contributed by atoms with Gasteiger partial charge in [0.25, 0.3) is 5.91 Å². The van der Waals surface area contributed by atoms with Crippen molar-refractivity contribution in [3.63, 3.8) is 0 Å². The number of rotatable bonds is 6. The maximum absolute atomic E-state index is 12.8. The Labute approximate surface area is 123 Å². The van der Waals surface area contributed by atoms with Crippen molar-refractivity contribution in [1.29, 1.82) is 0 Å². The van der Waals surface area contributed by atoms with Gasteiger partial charge in [0, 0.05) is 5.56 Å². The SMILES string of the molecule is CCc1ccccc1OCCNC(=O)c1ccc(F)cc1. The van der Waals surface area contributed by atoms with Crippen molar-refractivity contribution in [2.75, 3.05) is 13.2 Å². The summed E-state index contributed by atoms with van der Waals surface area (Å²) in [6.07, 6.45) is 0.901. The second-order valence-electron chi connectivity index (χ2n) is 4.57. The molecule has 0 saturated carbocycles. The molecule has 0 atom stereocenters. The van der Waals surface area contributed by atoms with Crippen LogP contribution in [0, 0.1) is 5.82 Å². The van der Waals surface area contributed by atoms with Gasteiger partial charge in [-0.25, -0.2) is 4.39 Å². The first kappa shape index (κ1) is 15.0. The van der Waals surface area contributed by atoms with E-state index in [2.05, 4.69) is 12.2 Å². The molecule has 0 spiro atoms. The lowest BCUT2D eigenvalue weighted by atomic mass is 10.1. The Bertz CT molecular complexity index is 596. The summed E-state index contributed by atoms with van der Waals surface area (Å²) in [6.45, 7) is 2.86. The fourth-order valence-electron chi connectivity index (χ4n) is 1.97. The third-order valence-corrected chi connectivity index (χ3v) is 3.11. The fraction of sp³-hybridized carbons (Fsp3) is 0.235. The summed E-state index contributed by atoms with van der Waals surface area (Å²) in [5.74, 6) is 0.254. The molecule has 0 heterocycles. The topological polar surface area (TPSA) is 38.3 Å². The van der Waals surface area contributed by atoms with E-state index in [1.807, 2.05) is 24.3 Å². The van der Waals surface area contributed by atoms with Gasteiger partial charge in [0.15, 0.2) is 0 Å². The molecule has 2 aromatic rings. The van der Waals surface area contributed by atoms with E-state index >= 15 is 0 Å². The first-order valence-electron chi connectivity index (χ1n) is 6.95. The molecule has 1 amide bonds. The average molecular weight is 287 g/mol. The zero-order valence-corrected chi connectivity index (χ0v) is 11.9. The van der Waals surface area contributed by atoms with Crippen molar-refractivity contribution in [3.05, 3.63) is 65.5 Å². The molecule has 0 aliphatic rings. The number of hydrogen-bond donors (Lipinski definition) is 1. The van der Waals surface area contributed by atoms with Gasteiger partial charge in [-0.2, -0.15) is 0 Å². The van der Waals surface area contributed by atoms with Gasteiger partial charge in [0.2, 0.25) is 0 Å². The lowest BCUT2D eigenvalue weighted by Gasteiger charge is -2.11. The minimum Gasteiger partial charge on any atom is -0.491 e. The van der Waals surface area contributed by atoms with Crippen LogP contribution in [0.3, 0.4) is 0 Å². The lowest BCUT2D eigenvalue weighted by Crippen LogP contribution is -2.28. The summed E-state index contributed by atoms with van der Waals surface area (Å²) in [7, 11) is 0. The number of benzene rings is 2. The summed E-state index contributed by atoms with van der Waals surface area (Å²) in [5, 5.41) is 2.74. The summed E-state index contributed by atoms with van der Waals surface area (Å²) in [4.78, 5) is 11.8. The van der Waals surface area contributed by atoms with E-state index in [4.69, 9.17) is 4.74 Å². The molecule has 0 aromatic heterocycles. The van der Waals surface area contributed by atoms with Gasteiger partial charge in [-0.05, 0) is 42.3 Å². The van der Waals surface area contributed by atoms with Crippen LogP contribution in [-0.2, 0) is 6.42 Å². The zero-order chi connectivity index (χ0) is 15.1. The monoisotopic (exact) mass is 287 g/mol. The number of halogens is 1. The second kappa shape index (κ2) is 7.43. The van der Waals surface area contributed by atoms with Crippen molar-refractivity contribution in [2.45, 2.75) is 13.3 Å². The number of nitrogens with one attached hydrogen (secondary N) is 1. The Balaban J connectivity index is 1.79. The van der Waals surface area contributed by atoms with Gasteiger partial charge < -0.3 is 10.1 Å². The molecule has 2 rings (SSSR count). The van der Waals surface area contributed by atoms with Gasteiger partial charge in [0.1, 0.15) is 18.2 Å². The van der Waals surface area contributed by atoms with Crippen molar-refractivity contribution in [3.8, 4) is 5.75 Å². The highest BCUT2D eigenvalue weighted by atomic mass is 19.1. The third kappa shape index (κ3) is 4.31. The minimum atomic E-state index is -0.356. The molecule has 0 saturated heterocycles. The molecule has 0 radical (unpaired) electrons. The van der Waals surface area contributed by atoms with Crippen LogP contribution in [0.25, 0.3) is 0 Å². The van der Waals surface area contributed by atoms with Gasteiger partial charge in [-0.3, -0.25) is 4.79 Å². The predicted molar refractivity (Wildman–Crippen MR) is 80.0 cm³/mol. The first-order chi connectivity index (χ1) is 10.2. The van der Waals surface area contributed by atoms with Crippen LogP contribution in [0.4, 0.5) is 4.39 Å². The molecule has 0 unspecified atom stereocenters. The Morgan fingerprint density at radius 1 is 1.14 bits per heavy atom. The maximum Gasteiger partial charge on any atom is 0.251 e. The van der Waals surface area contributed by atoms with Crippen molar-refractivity contribution in [2.24, 2.45) is 0 Å². The van der Waals surface area contributed by atoms with Crippen LogP contribution in [0.5, 0.6) is 5.75 Å². The van der Waals surface area contributed by atoms with E-state index in [9.17, 15) is 9.18 Å². The molecule has 0 aliphatic carbocycles. The molecule has 3 nitrogen and oxygen atoms in total. The molecule has 0 bridgehead atoms. The van der Waals surface area contributed by atoms with Crippen LogP contribution in [-0.4, -0.2) is 19.1 Å². The summed E-state index contributed by atoms with van der Waals surface area (Å²) >= 11 is 0. The molecule has 2 aromatic carbocycles. The molecule has 4 heteroatoms. The molecular weight excluding hydrogens is 269 g/mol. The lowest BCUT2D eigenvalue weighted by molar-refractivity contribution is 0.0947. The van der Waals surface area contributed by atoms with Crippen molar-refractivity contribution >= 4 is 5.91 Å². The van der Waals surface area contributed by atoms with E-state index < -0.39 is 0 Å². The van der Waals surface area contributed by atoms with Crippen molar-refractivity contribution < 1.29 is 13.9 Å². The second-order valence-corrected chi connectivity index (χ2v) is 4.57. The first-order valence-corrected chi connectivity index (χ1v) is 6.95. The highest BCUT2D eigenvalue weighted by molar-refractivity contribution is 5.94. The molecule has 0 fully saturated rings. The molecule has 21 heavy (non-hydrogen) atoms. The van der Waals surface area contributed by atoms with E-state index in [0.29, 0.717) is 18.7 Å². The standard InChI is InChI=1S/C17H18FNO2/c1-2-13-5-3-4-6-16(13)21-12-11-19-17(20)14-7-9-15(18)10-8-14/h3-10H,2,11-12H2,1H3,(H,19,20). The Morgan fingerprint density at radius 3 is 2.57 bits per heavy atom. The number of ether oxygens (including phenoxy) is 1. The molecule has 110 valence electrons. The largest absolute Gasteiger partial charge is 0.491 e. The minimum absolute atomic E-state index is 0.234. The van der Waals surface area contributed by atoms with E-state index in [-0.39, 0.29) is 11.7 Å². The van der Waals surface area contributed by atoms with Gasteiger partial charge >= 0.3 is 0 Å². The number of carbonyl (C=O) groups excluding carboxylic acids is 1. The number of amides is 1. The zero-order valence-electron chi connectivity index (χ0n) is 11.9. The van der Waals surface area contributed by atoms with Gasteiger partial charge in [0.05, 0.1) is 6.54 Å². The normalized spacial score (nSPS) is 10.2. The van der Waals surface area contributed by atoms with Crippen LogP contribution in [0.15, 0.2) is 48.5 Å². The molecule has 0 aliphatic heterocycles. The average Bonchev–Trinajstić information content (AvgIpc) is 2.52. The molecule has 1 N–H and O–H groups in total. The highest BCUT2D eigenvalue weighted by Crippen LogP contribution is 2.17. The van der Waals surface area contributed by atoms with Crippen LogP contribution in [0.1, 0.15) is 22.8 Å². The van der Waals surface area contributed by atoms with E-state index in [1.54, 1.807) is 0 Å².